The molecule has 1 saturated carbocycles. The largest absolute Gasteiger partial charge is 0.312 e. The average Bonchev–Trinajstić information content (AvgIpc) is 2.80. The van der Waals surface area contributed by atoms with Crippen molar-refractivity contribution in [1.82, 2.24) is 5.32 Å². The normalized spacial score (nSPS) is 25.3. The molecule has 0 aromatic carbocycles. The predicted molar refractivity (Wildman–Crippen MR) is 81.2 cm³/mol. The van der Waals surface area contributed by atoms with Crippen LogP contribution in [0.5, 0.6) is 0 Å². The first-order valence-electron chi connectivity index (χ1n) is 7.32. The lowest BCUT2D eigenvalue weighted by Crippen LogP contribution is -2.41. The zero-order valence-electron chi connectivity index (χ0n) is 12.0. The van der Waals surface area contributed by atoms with Gasteiger partial charge in [0.25, 0.3) is 0 Å². The quantitative estimate of drug-likeness (QED) is 0.846. The summed E-state index contributed by atoms with van der Waals surface area (Å²) in [6.45, 7) is 8.00. The van der Waals surface area contributed by atoms with Gasteiger partial charge in [0.1, 0.15) is 0 Å². The fourth-order valence-electron chi connectivity index (χ4n) is 2.95. The van der Waals surface area contributed by atoms with Gasteiger partial charge in [-0.2, -0.15) is 0 Å². The van der Waals surface area contributed by atoms with Gasteiger partial charge in [-0.1, -0.05) is 18.9 Å². The van der Waals surface area contributed by atoms with Gasteiger partial charge < -0.3 is 5.32 Å². The lowest BCUT2D eigenvalue weighted by atomic mass is 9.77. The minimum atomic E-state index is 0.255. The molecule has 1 aliphatic carbocycles. The Labute approximate surface area is 116 Å². The molecule has 2 atom stereocenters. The molecule has 0 bridgehead atoms. The number of nitrogens with one attached hydrogen (secondary N) is 1. The van der Waals surface area contributed by atoms with Gasteiger partial charge in [0.15, 0.2) is 0 Å². The molecule has 0 radical (unpaired) electrons. The molecule has 0 saturated heterocycles. The van der Waals surface area contributed by atoms with E-state index in [1.54, 1.807) is 4.88 Å². The van der Waals surface area contributed by atoms with Gasteiger partial charge in [-0.25, -0.2) is 0 Å². The van der Waals surface area contributed by atoms with Crippen LogP contribution in [0.3, 0.4) is 0 Å². The van der Waals surface area contributed by atoms with E-state index in [0.29, 0.717) is 0 Å². The van der Waals surface area contributed by atoms with Crippen molar-refractivity contribution in [1.29, 1.82) is 0 Å². The summed E-state index contributed by atoms with van der Waals surface area (Å²) < 4.78 is 0. The van der Waals surface area contributed by atoms with Crippen LogP contribution in [-0.2, 0) is 6.42 Å². The molecule has 1 nitrogen and oxygen atoms in total. The molecular formula is C16H27NS. The van der Waals surface area contributed by atoms with E-state index in [4.69, 9.17) is 0 Å². The summed E-state index contributed by atoms with van der Waals surface area (Å²) in [4.78, 5) is 1.57. The molecule has 1 fully saturated rings. The standard InChI is InChI=1S/C16H27NS/c1-16(2,3)17-12-14-8-5-4-7-13(14)11-15-9-6-10-18-15/h6,9-10,13-14,17H,4-5,7-8,11-12H2,1-3H3. The summed E-state index contributed by atoms with van der Waals surface area (Å²) >= 11 is 1.92. The van der Waals surface area contributed by atoms with Crippen LogP contribution in [0.25, 0.3) is 0 Å². The monoisotopic (exact) mass is 265 g/mol. The van der Waals surface area contributed by atoms with Crippen LogP contribution >= 0.6 is 11.3 Å². The molecule has 0 spiro atoms. The molecule has 2 unspecified atom stereocenters. The molecule has 1 aliphatic rings. The second kappa shape index (κ2) is 6.21. The number of hydrogen-bond donors (Lipinski definition) is 1. The van der Waals surface area contributed by atoms with Crippen molar-refractivity contribution in [3.05, 3.63) is 22.4 Å². The zero-order chi connectivity index (χ0) is 13.0. The number of rotatable bonds is 4. The van der Waals surface area contributed by atoms with Crippen molar-refractivity contribution in [2.45, 2.75) is 58.4 Å². The zero-order valence-corrected chi connectivity index (χ0v) is 12.9. The Hall–Kier alpha value is -0.340. The van der Waals surface area contributed by atoms with Crippen molar-refractivity contribution in [3.8, 4) is 0 Å². The summed E-state index contributed by atoms with van der Waals surface area (Å²) in [5.74, 6) is 1.77. The van der Waals surface area contributed by atoms with E-state index >= 15 is 0 Å². The molecule has 2 heteroatoms. The highest BCUT2D eigenvalue weighted by Crippen LogP contribution is 2.33. The first-order chi connectivity index (χ1) is 8.54. The van der Waals surface area contributed by atoms with E-state index in [1.165, 1.54) is 38.6 Å². The Balaban J connectivity index is 1.89. The van der Waals surface area contributed by atoms with Crippen LogP contribution < -0.4 is 5.32 Å². The Bertz CT molecular complexity index is 336. The molecule has 0 amide bonds. The van der Waals surface area contributed by atoms with Gasteiger partial charge in [0.2, 0.25) is 0 Å². The van der Waals surface area contributed by atoms with Crippen LogP contribution in [-0.4, -0.2) is 12.1 Å². The van der Waals surface area contributed by atoms with Gasteiger partial charge in [0.05, 0.1) is 0 Å². The van der Waals surface area contributed by atoms with Crippen molar-refractivity contribution in [2.24, 2.45) is 11.8 Å². The number of hydrogen-bond acceptors (Lipinski definition) is 2. The van der Waals surface area contributed by atoms with Gasteiger partial charge in [-0.15, -0.1) is 11.3 Å². The Morgan fingerprint density at radius 2 is 1.94 bits per heavy atom. The summed E-state index contributed by atoms with van der Waals surface area (Å²) in [5, 5.41) is 5.91. The average molecular weight is 265 g/mol. The summed E-state index contributed by atoms with van der Waals surface area (Å²) in [6.07, 6.45) is 7.00. The van der Waals surface area contributed by atoms with Crippen LogP contribution in [0.4, 0.5) is 0 Å². The third-order valence-electron chi connectivity index (χ3n) is 4.00. The van der Waals surface area contributed by atoms with Crippen LogP contribution in [0.2, 0.25) is 0 Å². The molecule has 102 valence electrons. The second-order valence-electron chi connectivity index (χ2n) is 6.72. The highest BCUT2D eigenvalue weighted by Gasteiger charge is 2.26. The van der Waals surface area contributed by atoms with Gasteiger partial charge in [-0.05, 0) is 69.9 Å². The maximum absolute atomic E-state index is 3.70. The summed E-state index contributed by atoms with van der Waals surface area (Å²) in [7, 11) is 0. The highest BCUT2D eigenvalue weighted by molar-refractivity contribution is 7.09. The van der Waals surface area contributed by atoms with Crippen LogP contribution in [0.15, 0.2) is 17.5 Å². The van der Waals surface area contributed by atoms with Gasteiger partial charge in [0, 0.05) is 10.4 Å². The van der Waals surface area contributed by atoms with E-state index in [0.717, 1.165) is 11.8 Å². The second-order valence-corrected chi connectivity index (χ2v) is 7.75. The molecule has 1 N–H and O–H groups in total. The SMILES string of the molecule is CC(C)(C)NCC1CCCCC1Cc1cccs1. The maximum Gasteiger partial charge on any atom is 0.00966 e. The summed E-state index contributed by atoms with van der Waals surface area (Å²) in [6, 6.07) is 4.48. The summed E-state index contributed by atoms with van der Waals surface area (Å²) in [5.41, 5.74) is 0.255. The van der Waals surface area contributed by atoms with Crippen molar-refractivity contribution < 1.29 is 0 Å². The topological polar surface area (TPSA) is 12.0 Å². The minimum absolute atomic E-state index is 0.255. The minimum Gasteiger partial charge on any atom is -0.312 e. The van der Waals surface area contributed by atoms with E-state index < -0.39 is 0 Å². The first-order valence-corrected chi connectivity index (χ1v) is 8.20. The van der Waals surface area contributed by atoms with Crippen molar-refractivity contribution in [2.75, 3.05) is 6.54 Å². The first kappa shape index (κ1) is 14.1. The van der Waals surface area contributed by atoms with E-state index in [-0.39, 0.29) is 5.54 Å². The molecule has 1 aromatic rings. The molecule has 18 heavy (non-hydrogen) atoms. The van der Waals surface area contributed by atoms with Gasteiger partial charge in [-0.3, -0.25) is 0 Å². The predicted octanol–water partition coefficient (Wildman–Crippen LogP) is 4.49. The lowest BCUT2D eigenvalue weighted by molar-refractivity contribution is 0.214. The highest BCUT2D eigenvalue weighted by atomic mass is 32.1. The molecule has 2 rings (SSSR count). The Morgan fingerprint density at radius 3 is 2.56 bits per heavy atom. The fourth-order valence-corrected chi connectivity index (χ4v) is 3.75. The van der Waals surface area contributed by atoms with E-state index in [1.807, 2.05) is 11.3 Å². The molecule has 1 aromatic heterocycles. The van der Waals surface area contributed by atoms with Crippen molar-refractivity contribution in [3.63, 3.8) is 0 Å². The van der Waals surface area contributed by atoms with Crippen molar-refractivity contribution >= 4 is 11.3 Å². The van der Waals surface area contributed by atoms with Gasteiger partial charge >= 0.3 is 0 Å². The Kier molecular flexibility index (Phi) is 4.85. The molecular weight excluding hydrogens is 238 g/mol. The third-order valence-corrected chi connectivity index (χ3v) is 4.90. The Morgan fingerprint density at radius 1 is 1.22 bits per heavy atom. The van der Waals surface area contributed by atoms with E-state index in [9.17, 15) is 0 Å². The third kappa shape index (κ3) is 4.40. The van der Waals surface area contributed by atoms with Crippen LogP contribution in [0.1, 0.15) is 51.3 Å². The molecule has 1 heterocycles. The van der Waals surface area contributed by atoms with Crippen LogP contribution in [0, 0.1) is 11.8 Å². The molecule has 0 aliphatic heterocycles. The van der Waals surface area contributed by atoms with E-state index in [2.05, 4.69) is 43.6 Å². The smallest absolute Gasteiger partial charge is 0.00966 e. The number of thiophene rings is 1. The fraction of sp³-hybridized carbons (Fsp3) is 0.750. The maximum atomic E-state index is 3.70. The lowest BCUT2D eigenvalue weighted by Gasteiger charge is -2.34.